The minimum Gasteiger partial charge on any atom is -0.496 e. The van der Waals surface area contributed by atoms with Crippen molar-refractivity contribution in [2.45, 2.75) is 18.9 Å². The van der Waals surface area contributed by atoms with E-state index in [4.69, 9.17) is 29.3 Å². The maximum Gasteiger partial charge on any atom is 0.414 e. The van der Waals surface area contributed by atoms with E-state index in [1.165, 1.54) is 7.11 Å². The van der Waals surface area contributed by atoms with Gasteiger partial charge in [0, 0.05) is 6.54 Å². The third-order valence-electron chi connectivity index (χ3n) is 4.60. The summed E-state index contributed by atoms with van der Waals surface area (Å²) in [6, 6.07) is 6.76. The Kier molecular flexibility index (Phi) is 7.33. The zero-order valence-corrected chi connectivity index (χ0v) is 15.3. The van der Waals surface area contributed by atoms with E-state index in [0.29, 0.717) is 17.2 Å². The first kappa shape index (κ1) is 21.2. The predicted molar refractivity (Wildman–Crippen MR) is 95.2 cm³/mol. The molecule has 0 spiro atoms. The van der Waals surface area contributed by atoms with Crippen LogP contribution in [-0.2, 0) is 14.3 Å². The van der Waals surface area contributed by atoms with Gasteiger partial charge in [-0.1, -0.05) is 12.1 Å². The van der Waals surface area contributed by atoms with Crippen LogP contribution in [0.15, 0.2) is 24.3 Å². The average Bonchev–Trinajstić information content (AvgIpc) is 2.69. The second-order valence-electron chi connectivity index (χ2n) is 6.35. The van der Waals surface area contributed by atoms with Crippen molar-refractivity contribution in [1.82, 2.24) is 10.2 Å². The first-order chi connectivity index (χ1) is 13.3. The lowest BCUT2D eigenvalue weighted by Gasteiger charge is -2.43. The van der Waals surface area contributed by atoms with Crippen molar-refractivity contribution in [1.29, 1.82) is 0 Å². The van der Waals surface area contributed by atoms with Crippen LogP contribution in [0.1, 0.15) is 23.2 Å². The van der Waals surface area contributed by atoms with Crippen molar-refractivity contribution in [3.05, 3.63) is 29.8 Å². The van der Waals surface area contributed by atoms with Gasteiger partial charge in [-0.15, -0.1) is 0 Å². The molecule has 1 atom stereocenters. The van der Waals surface area contributed by atoms with Crippen molar-refractivity contribution in [2.75, 3.05) is 26.7 Å². The number of carboxylic acid groups (broad SMARTS) is 2. The second-order valence-corrected chi connectivity index (χ2v) is 6.35. The number of methoxy groups -OCH3 is 1. The molecule has 2 bridgehead atoms. The fourth-order valence-electron chi connectivity index (χ4n) is 3.20. The van der Waals surface area contributed by atoms with Crippen LogP contribution < -0.4 is 10.1 Å². The lowest BCUT2D eigenvalue weighted by atomic mass is 9.86. The molecule has 3 aliphatic rings. The van der Waals surface area contributed by atoms with Gasteiger partial charge >= 0.3 is 18.0 Å². The number of carbonyl (C=O) groups excluding carboxylic acids is 2. The average molecular weight is 394 g/mol. The molecular formula is C18H22N2O8. The number of hydrogen-bond donors (Lipinski definition) is 3. The Balaban J connectivity index is 0.000000409. The molecule has 2 amide bonds. The molecule has 10 nitrogen and oxygen atoms in total. The van der Waals surface area contributed by atoms with Crippen molar-refractivity contribution < 1.29 is 38.9 Å². The van der Waals surface area contributed by atoms with Gasteiger partial charge in [0.2, 0.25) is 0 Å². The molecule has 1 aromatic rings. The van der Waals surface area contributed by atoms with E-state index >= 15 is 0 Å². The van der Waals surface area contributed by atoms with Crippen LogP contribution in [0.3, 0.4) is 0 Å². The molecule has 3 heterocycles. The molecule has 1 unspecified atom stereocenters. The first-order valence-corrected chi connectivity index (χ1v) is 8.65. The molecule has 3 aliphatic heterocycles. The van der Waals surface area contributed by atoms with Gasteiger partial charge in [-0.2, -0.15) is 0 Å². The molecule has 0 saturated carbocycles. The SMILES string of the molecule is COc1ccccc1C(=O)NC(=O)OC1CN2CCC1CC2.O=C(O)C(=O)O. The molecule has 0 radical (unpaired) electrons. The van der Waals surface area contributed by atoms with Gasteiger partial charge in [0.25, 0.3) is 5.91 Å². The Hall–Kier alpha value is -3.14. The molecular weight excluding hydrogens is 372 g/mol. The van der Waals surface area contributed by atoms with Crippen LogP contribution in [0.2, 0.25) is 0 Å². The standard InChI is InChI=1S/C16H20N2O4.C2H2O4/c1-21-13-5-3-2-4-12(13)15(19)17-16(20)22-14-10-18-8-6-11(14)7-9-18;3-1(4)2(5)6/h2-5,11,14H,6-10H2,1H3,(H,17,19,20);(H,3,4)(H,5,6). The number of fused-ring (bicyclic) bond motifs is 3. The highest BCUT2D eigenvalue weighted by atomic mass is 16.6. The minimum absolute atomic E-state index is 0.118. The van der Waals surface area contributed by atoms with Gasteiger partial charge in [-0.25, -0.2) is 14.4 Å². The Morgan fingerprint density at radius 1 is 1.07 bits per heavy atom. The number of carbonyl (C=O) groups is 4. The molecule has 3 saturated heterocycles. The number of hydrogen-bond acceptors (Lipinski definition) is 7. The van der Waals surface area contributed by atoms with E-state index in [0.717, 1.165) is 32.5 Å². The molecule has 152 valence electrons. The number of nitrogens with zero attached hydrogens (tertiary/aromatic N) is 1. The molecule has 28 heavy (non-hydrogen) atoms. The van der Waals surface area contributed by atoms with Crippen LogP contribution in [0.4, 0.5) is 4.79 Å². The van der Waals surface area contributed by atoms with Gasteiger partial charge in [0.05, 0.1) is 12.7 Å². The molecule has 0 aliphatic carbocycles. The number of amides is 2. The van der Waals surface area contributed by atoms with Gasteiger partial charge in [-0.3, -0.25) is 15.0 Å². The number of rotatable bonds is 3. The van der Waals surface area contributed by atoms with Gasteiger partial charge in [0.1, 0.15) is 11.9 Å². The molecule has 4 rings (SSSR count). The first-order valence-electron chi connectivity index (χ1n) is 8.65. The van der Waals surface area contributed by atoms with Crippen LogP contribution in [0, 0.1) is 5.92 Å². The fraction of sp³-hybridized carbons (Fsp3) is 0.444. The predicted octanol–water partition coefficient (Wildman–Crippen LogP) is 0.811. The van der Waals surface area contributed by atoms with Crippen molar-refractivity contribution in [2.24, 2.45) is 5.92 Å². The lowest BCUT2D eigenvalue weighted by molar-refractivity contribution is -0.159. The Labute approximate surface area is 161 Å². The number of nitrogens with one attached hydrogen (secondary N) is 1. The molecule has 3 fully saturated rings. The third kappa shape index (κ3) is 5.68. The minimum atomic E-state index is -1.82. The molecule has 3 N–H and O–H groups in total. The van der Waals surface area contributed by atoms with Crippen LogP contribution >= 0.6 is 0 Å². The summed E-state index contributed by atoms with van der Waals surface area (Å²) in [5, 5.41) is 17.1. The number of ether oxygens (including phenoxy) is 2. The maximum absolute atomic E-state index is 12.1. The summed E-state index contributed by atoms with van der Waals surface area (Å²) in [4.78, 5) is 44.6. The van der Waals surface area contributed by atoms with Gasteiger partial charge in [0.15, 0.2) is 0 Å². The zero-order valence-electron chi connectivity index (χ0n) is 15.3. The summed E-state index contributed by atoms with van der Waals surface area (Å²) in [5.74, 6) is -3.32. The molecule has 0 aromatic heterocycles. The maximum atomic E-state index is 12.1. The van der Waals surface area contributed by atoms with Crippen LogP contribution in [0.25, 0.3) is 0 Å². The smallest absolute Gasteiger partial charge is 0.414 e. The summed E-state index contributed by atoms with van der Waals surface area (Å²) >= 11 is 0. The highest BCUT2D eigenvalue weighted by molar-refractivity contribution is 6.27. The zero-order chi connectivity index (χ0) is 20.7. The van der Waals surface area contributed by atoms with Crippen LogP contribution in [-0.4, -0.2) is 71.9 Å². The van der Waals surface area contributed by atoms with E-state index in [1.807, 2.05) is 0 Å². The Bertz CT molecular complexity index is 731. The number of imide groups is 1. The van der Waals surface area contributed by atoms with Gasteiger partial charge in [-0.05, 0) is 44.0 Å². The number of piperidine rings is 3. The van der Waals surface area contributed by atoms with E-state index in [2.05, 4.69) is 10.2 Å². The third-order valence-corrected chi connectivity index (χ3v) is 4.60. The Morgan fingerprint density at radius 2 is 1.68 bits per heavy atom. The van der Waals surface area contributed by atoms with Gasteiger partial charge < -0.3 is 19.7 Å². The summed E-state index contributed by atoms with van der Waals surface area (Å²) in [6.45, 7) is 2.92. The number of benzene rings is 1. The number of para-hydroxylation sites is 1. The molecule has 1 aromatic carbocycles. The largest absolute Gasteiger partial charge is 0.496 e. The summed E-state index contributed by atoms with van der Waals surface area (Å²) in [5.41, 5.74) is 0.316. The van der Waals surface area contributed by atoms with E-state index < -0.39 is 23.9 Å². The van der Waals surface area contributed by atoms with Crippen molar-refractivity contribution >= 4 is 23.9 Å². The van der Waals surface area contributed by atoms with E-state index in [-0.39, 0.29) is 6.10 Å². The molecule has 10 heteroatoms. The fourth-order valence-corrected chi connectivity index (χ4v) is 3.20. The number of alkyl carbamates (subject to hydrolysis) is 1. The summed E-state index contributed by atoms with van der Waals surface area (Å²) in [7, 11) is 1.48. The number of carboxylic acids is 2. The highest BCUT2D eigenvalue weighted by Gasteiger charge is 2.36. The lowest BCUT2D eigenvalue weighted by Crippen LogP contribution is -2.52. The highest BCUT2D eigenvalue weighted by Crippen LogP contribution is 2.29. The van der Waals surface area contributed by atoms with Crippen molar-refractivity contribution in [3.8, 4) is 5.75 Å². The monoisotopic (exact) mass is 394 g/mol. The van der Waals surface area contributed by atoms with Crippen molar-refractivity contribution in [3.63, 3.8) is 0 Å². The normalized spacial score (nSPS) is 22.2. The second kappa shape index (κ2) is 9.70. The van der Waals surface area contributed by atoms with E-state index in [1.54, 1.807) is 24.3 Å². The van der Waals surface area contributed by atoms with Crippen LogP contribution in [0.5, 0.6) is 5.75 Å². The Morgan fingerprint density at radius 3 is 2.18 bits per heavy atom. The topological polar surface area (TPSA) is 142 Å². The quantitative estimate of drug-likeness (QED) is 0.635. The van der Waals surface area contributed by atoms with E-state index in [9.17, 15) is 9.59 Å². The summed E-state index contributed by atoms with van der Waals surface area (Å²) in [6.07, 6.45) is 1.30. The summed E-state index contributed by atoms with van der Waals surface area (Å²) < 4.78 is 10.6. The number of aliphatic carboxylic acids is 2.